The molecule has 2 amide bonds. The normalized spacial score (nSPS) is 19.5. The van der Waals surface area contributed by atoms with Crippen molar-refractivity contribution in [2.24, 2.45) is 10.1 Å². The zero-order valence-corrected chi connectivity index (χ0v) is 20.1. The zero-order valence-electron chi connectivity index (χ0n) is 19.3. The predicted octanol–water partition coefficient (Wildman–Crippen LogP) is 4.77. The first-order chi connectivity index (χ1) is 17.0. The van der Waals surface area contributed by atoms with Crippen LogP contribution in [0.4, 0.5) is 5.69 Å². The number of amides is 2. The smallest absolute Gasteiger partial charge is 0.262 e. The van der Waals surface area contributed by atoms with Gasteiger partial charge in [-0.1, -0.05) is 30.0 Å². The number of rotatable bonds is 6. The number of furan rings is 1. The first kappa shape index (κ1) is 22.9. The van der Waals surface area contributed by atoms with Crippen molar-refractivity contribution in [3.05, 3.63) is 83.8 Å². The number of ether oxygens (including phenoxy) is 1. The van der Waals surface area contributed by atoms with E-state index in [-0.39, 0.29) is 24.3 Å². The lowest BCUT2D eigenvalue weighted by atomic mass is 10.0. The summed E-state index contributed by atoms with van der Waals surface area (Å²) < 4.78 is 10.9. The van der Waals surface area contributed by atoms with Crippen molar-refractivity contribution in [3.8, 4) is 5.75 Å². The molecule has 0 fully saturated rings. The van der Waals surface area contributed by atoms with Gasteiger partial charge in [0.2, 0.25) is 5.91 Å². The number of hydrazone groups is 1. The molecule has 2 aliphatic rings. The van der Waals surface area contributed by atoms with Crippen molar-refractivity contribution < 1.29 is 18.7 Å². The fourth-order valence-electron chi connectivity index (χ4n) is 4.03. The maximum absolute atomic E-state index is 12.7. The number of hydrogen-bond donors (Lipinski definition) is 1. The van der Waals surface area contributed by atoms with Crippen LogP contribution in [-0.4, -0.2) is 40.1 Å². The van der Waals surface area contributed by atoms with Gasteiger partial charge in [-0.25, -0.2) is 5.01 Å². The average molecular weight is 489 g/mol. The minimum atomic E-state index is -0.605. The molecule has 8 nitrogen and oxygen atoms in total. The lowest BCUT2D eigenvalue weighted by Gasteiger charge is -2.21. The summed E-state index contributed by atoms with van der Waals surface area (Å²) in [5.41, 5.74) is 3.50. The largest absolute Gasteiger partial charge is 0.497 e. The van der Waals surface area contributed by atoms with E-state index in [9.17, 15) is 9.59 Å². The molecule has 3 aromatic rings. The van der Waals surface area contributed by atoms with Crippen molar-refractivity contribution in [2.75, 3.05) is 12.4 Å². The van der Waals surface area contributed by atoms with E-state index >= 15 is 0 Å². The Kier molecular flexibility index (Phi) is 6.41. The van der Waals surface area contributed by atoms with Gasteiger partial charge < -0.3 is 14.5 Å². The van der Waals surface area contributed by atoms with Gasteiger partial charge in [0.1, 0.15) is 22.8 Å². The summed E-state index contributed by atoms with van der Waals surface area (Å²) in [4.78, 5) is 29.6. The minimum Gasteiger partial charge on any atom is -0.497 e. The number of benzene rings is 2. The molecule has 0 saturated heterocycles. The summed E-state index contributed by atoms with van der Waals surface area (Å²) in [5.74, 6) is 0.929. The van der Waals surface area contributed by atoms with Gasteiger partial charge in [0.15, 0.2) is 5.17 Å². The fourth-order valence-corrected chi connectivity index (χ4v) is 5.10. The van der Waals surface area contributed by atoms with Crippen molar-refractivity contribution >= 4 is 40.1 Å². The molecule has 0 bridgehead atoms. The number of carbonyl (C=O) groups is 2. The molecule has 5 rings (SSSR count). The molecule has 2 aromatic carbocycles. The Morgan fingerprint density at radius 3 is 2.69 bits per heavy atom. The number of aliphatic imine (C=N–C) groups is 1. The number of methoxy groups -OCH3 is 1. The van der Waals surface area contributed by atoms with Gasteiger partial charge in [-0.2, -0.15) is 10.1 Å². The molecule has 178 valence electrons. The molecule has 35 heavy (non-hydrogen) atoms. The number of para-hydroxylation sites is 1. The van der Waals surface area contributed by atoms with Crippen LogP contribution >= 0.6 is 11.8 Å². The summed E-state index contributed by atoms with van der Waals surface area (Å²) in [6.45, 7) is 1.92. The van der Waals surface area contributed by atoms with E-state index in [0.29, 0.717) is 11.6 Å². The number of amidine groups is 1. The van der Waals surface area contributed by atoms with E-state index in [0.717, 1.165) is 34.0 Å². The van der Waals surface area contributed by atoms with Gasteiger partial charge in [0.25, 0.3) is 5.91 Å². The molecule has 0 unspecified atom stereocenters. The van der Waals surface area contributed by atoms with Gasteiger partial charge in [0.05, 0.1) is 19.1 Å². The fraction of sp³-hybridized carbons (Fsp3) is 0.231. The number of anilines is 1. The topological polar surface area (TPSA) is 96.5 Å². The summed E-state index contributed by atoms with van der Waals surface area (Å²) in [5, 5.41) is 9.29. The van der Waals surface area contributed by atoms with E-state index in [1.54, 1.807) is 18.4 Å². The Labute approximate surface area is 207 Å². The van der Waals surface area contributed by atoms with Gasteiger partial charge in [-0.15, -0.1) is 0 Å². The second-order valence-electron chi connectivity index (χ2n) is 8.26. The summed E-state index contributed by atoms with van der Waals surface area (Å²) >= 11 is 1.26. The van der Waals surface area contributed by atoms with Crippen molar-refractivity contribution in [1.82, 2.24) is 5.01 Å². The first-order valence-electron chi connectivity index (χ1n) is 11.2. The van der Waals surface area contributed by atoms with Gasteiger partial charge in [0, 0.05) is 18.5 Å². The maximum atomic E-state index is 12.7. The molecule has 0 aliphatic carbocycles. The predicted molar refractivity (Wildman–Crippen MR) is 136 cm³/mol. The number of thioether (sulfide) groups is 1. The number of nitrogens with one attached hydrogen (secondary N) is 1. The second kappa shape index (κ2) is 9.79. The van der Waals surface area contributed by atoms with Crippen LogP contribution in [0, 0.1) is 6.92 Å². The van der Waals surface area contributed by atoms with Crippen molar-refractivity contribution in [2.45, 2.75) is 31.1 Å². The highest BCUT2D eigenvalue weighted by Gasteiger charge is 2.40. The highest BCUT2D eigenvalue weighted by atomic mass is 32.2. The van der Waals surface area contributed by atoms with Crippen LogP contribution < -0.4 is 10.1 Å². The molecule has 0 radical (unpaired) electrons. The van der Waals surface area contributed by atoms with Crippen LogP contribution in [0.15, 0.2) is 81.4 Å². The lowest BCUT2D eigenvalue weighted by molar-refractivity contribution is -0.121. The Balaban J connectivity index is 1.33. The highest BCUT2D eigenvalue weighted by Crippen LogP contribution is 2.39. The molecule has 3 heterocycles. The lowest BCUT2D eigenvalue weighted by Crippen LogP contribution is -2.25. The molecule has 0 spiro atoms. The van der Waals surface area contributed by atoms with Crippen LogP contribution in [0.3, 0.4) is 0 Å². The summed E-state index contributed by atoms with van der Waals surface area (Å²) in [7, 11) is 1.63. The van der Waals surface area contributed by atoms with Crippen LogP contribution in [0.25, 0.3) is 0 Å². The van der Waals surface area contributed by atoms with Gasteiger partial charge in [-0.3, -0.25) is 9.59 Å². The Morgan fingerprint density at radius 1 is 1.17 bits per heavy atom. The highest BCUT2D eigenvalue weighted by molar-refractivity contribution is 8.15. The zero-order chi connectivity index (χ0) is 24.4. The third-order valence-electron chi connectivity index (χ3n) is 5.92. The third kappa shape index (κ3) is 4.85. The molecule has 2 aliphatic heterocycles. The minimum absolute atomic E-state index is 0.0269. The SMILES string of the molecule is COc1ccc(C2=NN(C3=NC(=O)[C@H](CC(=O)Nc4ccccc4C)S3)[C@H](c3ccco3)C2)cc1. The van der Waals surface area contributed by atoms with E-state index in [1.807, 2.05) is 67.6 Å². The van der Waals surface area contributed by atoms with Crippen molar-refractivity contribution in [3.63, 3.8) is 0 Å². The third-order valence-corrected chi connectivity index (χ3v) is 7.06. The van der Waals surface area contributed by atoms with Crippen LogP contribution in [0.5, 0.6) is 5.75 Å². The van der Waals surface area contributed by atoms with Crippen LogP contribution in [0.2, 0.25) is 0 Å². The number of carbonyl (C=O) groups excluding carboxylic acids is 2. The molecule has 1 N–H and O–H groups in total. The summed E-state index contributed by atoms with van der Waals surface area (Å²) in [6, 6.07) is 18.7. The Hall–Kier alpha value is -3.85. The van der Waals surface area contributed by atoms with E-state index in [4.69, 9.17) is 14.3 Å². The monoisotopic (exact) mass is 488 g/mol. The number of nitrogens with zero attached hydrogens (tertiary/aromatic N) is 3. The molecule has 0 saturated carbocycles. The molecule has 2 atom stereocenters. The Bertz CT molecular complexity index is 1300. The van der Waals surface area contributed by atoms with Crippen LogP contribution in [-0.2, 0) is 9.59 Å². The average Bonchev–Trinajstić information content (AvgIpc) is 3.61. The molecular formula is C26H24N4O4S. The molecular weight excluding hydrogens is 464 g/mol. The standard InChI is InChI=1S/C26H24N4O4S/c1-16-6-3-4-7-19(16)27-24(31)15-23-25(32)28-26(35-23)30-21(22-8-5-13-34-22)14-20(29-30)17-9-11-18(33-2)12-10-17/h3-13,21,23H,14-15H2,1-2H3,(H,27,31)/t21-,23-/m0/s1. The van der Waals surface area contributed by atoms with E-state index in [1.165, 1.54) is 11.8 Å². The second-order valence-corrected chi connectivity index (χ2v) is 9.43. The quantitative estimate of drug-likeness (QED) is 0.537. The van der Waals surface area contributed by atoms with Gasteiger partial charge in [-0.05, 0) is 60.5 Å². The Morgan fingerprint density at radius 2 is 1.97 bits per heavy atom. The molecule has 9 heteroatoms. The number of aryl methyl sites for hydroxylation is 1. The first-order valence-corrected chi connectivity index (χ1v) is 12.1. The summed E-state index contributed by atoms with van der Waals surface area (Å²) in [6.07, 6.45) is 2.23. The maximum Gasteiger partial charge on any atom is 0.262 e. The van der Waals surface area contributed by atoms with Crippen molar-refractivity contribution in [1.29, 1.82) is 0 Å². The van der Waals surface area contributed by atoms with Crippen LogP contribution in [0.1, 0.15) is 35.8 Å². The van der Waals surface area contributed by atoms with E-state index in [2.05, 4.69) is 10.3 Å². The van der Waals surface area contributed by atoms with Gasteiger partial charge >= 0.3 is 0 Å². The van der Waals surface area contributed by atoms with E-state index < -0.39 is 5.25 Å². The molecule has 1 aromatic heterocycles. The number of hydrogen-bond acceptors (Lipinski definition) is 7.